The maximum absolute atomic E-state index is 11.0. The molecule has 2 aliphatic rings. The number of nitrogens with zero attached hydrogens (tertiary/aromatic N) is 2. The molecule has 23 heavy (non-hydrogen) atoms. The van der Waals surface area contributed by atoms with E-state index >= 15 is 0 Å². The minimum Gasteiger partial charge on any atom is -0.465 e. The van der Waals surface area contributed by atoms with Gasteiger partial charge in [0.25, 0.3) is 0 Å². The molecule has 1 amide bonds. The van der Waals surface area contributed by atoms with Crippen LogP contribution in [0.15, 0.2) is 24.3 Å². The lowest BCUT2D eigenvalue weighted by atomic mass is 10.1. The van der Waals surface area contributed by atoms with E-state index in [-0.39, 0.29) is 6.04 Å². The number of carboxylic acid groups (broad SMARTS) is 1. The van der Waals surface area contributed by atoms with Crippen molar-refractivity contribution in [1.29, 1.82) is 0 Å². The summed E-state index contributed by atoms with van der Waals surface area (Å²) in [6.07, 6.45) is 1.20. The summed E-state index contributed by atoms with van der Waals surface area (Å²) < 4.78 is 0. The number of benzene rings is 1. The van der Waals surface area contributed by atoms with E-state index in [1.165, 1.54) is 4.90 Å². The Kier molecular flexibility index (Phi) is 6.32. The standard InChI is InChI=1S/C16H17ClN2O2.C2H6/c17-13-3-1-2-12(10-13)4-5-14-6-7-15-11-18(16(20)21)8-9-19(14)15;1-2/h1-3,10,14-15H,6-9,11H2,(H,20,21);1-2H3. The summed E-state index contributed by atoms with van der Waals surface area (Å²) >= 11 is 5.96. The zero-order chi connectivity index (χ0) is 16.8. The van der Waals surface area contributed by atoms with Crippen LogP contribution in [-0.4, -0.2) is 52.7 Å². The summed E-state index contributed by atoms with van der Waals surface area (Å²) in [4.78, 5) is 14.9. The Morgan fingerprint density at radius 3 is 2.78 bits per heavy atom. The molecule has 2 heterocycles. The highest BCUT2D eigenvalue weighted by molar-refractivity contribution is 6.30. The lowest BCUT2D eigenvalue weighted by molar-refractivity contribution is 0.0807. The van der Waals surface area contributed by atoms with Gasteiger partial charge in [0.15, 0.2) is 0 Å². The van der Waals surface area contributed by atoms with Crippen LogP contribution in [0.4, 0.5) is 4.79 Å². The number of halogens is 1. The molecule has 1 aromatic rings. The third-order valence-electron chi connectivity index (χ3n) is 4.18. The van der Waals surface area contributed by atoms with Crippen molar-refractivity contribution in [2.24, 2.45) is 0 Å². The van der Waals surface area contributed by atoms with Crippen molar-refractivity contribution in [2.75, 3.05) is 19.6 Å². The minimum atomic E-state index is -0.817. The molecule has 5 heteroatoms. The summed E-state index contributed by atoms with van der Waals surface area (Å²) in [7, 11) is 0. The fourth-order valence-electron chi connectivity index (χ4n) is 3.11. The van der Waals surface area contributed by atoms with E-state index in [9.17, 15) is 4.79 Å². The average Bonchev–Trinajstić information content (AvgIpc) is 2.97. The number of fused-ring (bicyclic) bond motifs is 1. The first-order valence-electron chi connectivity index (χ1n) is 8.14. The summed E-state index contributed by atoms with van der Waals surface area (Å²) in [5.74, 6) is 6.51. The van der Waals surface area contributed by atoms with Gasteiger partial charge in [-0.2, -0.15) is 0 Å². The Morgan fingerprint density at radius 2 is 2.09 bits per heavy atom. The average molecular weight is 335 g/mol. The van der Waals surface area contributed by atoms with Gasteiger partial charge >= 0.3 is 6.09 Å². The van der Waals surface area contributed by atoms with Crippen LogP contribution in [0.25, 0.3) is 0 Å². The van der Waals surface area contributed by atoms with E-state index in [1.54, 1.807) is 0 Å². The highest BCUT2D eigenvalue weighted by atomic mass is 35.5. The second-order valence-corrected chi connectivity index (χ2v) is 5.93. The van der Waals surface area contributed by atoms with Crippen LogP contribution in [0.3, 0.4) is 0 Å². The lowest BCUT2D eigenvalue weighted by Crippen LogP contribution is -2.53. The van der Waals surface area contributed by atoms with Crippen LogP contribution in [0.5, 0.6) is 0 Å². The van der Waals surface area contributed by atoms with E-state index in [0.717, 1.165) is 24.9 Å². The van der Waals surface area contributed by atoms with Gasteiger partial charge in [-0.25, -0.2) is 4.79 Å². The van der Waals surface area contributed by atoms with Crippen molar-refractivity contribution < 1.29 is 9.90 Å². The highest BCUT2D eigenvalue weighted by Crippen LogP contribution is 2.27. The van der Waals surface area contributed by atoms with Crippen molar-refractivity contribution in [3.8, 4) is 11.8 Å². The number of amides is 1. The molecule has 1 aromatic carbocycles. The first kappa shape index (κ1) is 17.7. The van der Waals surface area contributed by atoms with Crippen LogP contribution in [-0.2, 0) is 0 Å². The second-order valence-electron chi connectivity index (χ2n) is 5.49. The first-order chi connectivity index (χ1) is 11.1. The molecule has 1 N–H and O–H groups in total. The molecular formula is C18H23ClN2O2. The minimum absolute atomic E-state index is 0.227. The summed E-state index contributed by atoms with van der Waals surface area (Å²) in [5.41, 5.74) is 0.926. The van der Waals surface area contributed by atoms with Crippen molar-refractivity contribution in [3.63, 3.8) is 0 Å². The lowest BCUT2D eigenvalue weighted by Gasteiger charge is -2.37. The van der Waals surface area contributed by atoms with E-state index in [0.29, 0.717) is 24.2 Å². The molecular weight excluding hydrogens is 312 g/mol. The van der Waals surface area contributed by atoms with Gasteiger partial charge in [0.2, 0.25) is 0 Å². The maximum atomic E-state index is 11.0. The van der Waals surface area contributed by atoms with Crippen molar-refractivity contribution >= 4 is 17.7 Å². The molecule has 0 saturated carbocycles. The second kappa shape index (κ2) is 8.24. The molecule has 0 aromatic heterocycles. The quantitative estimate of drug-likeness (QED) is 0.738. The number of hydrogen-bond acceptors (Lipinski definition) is 2. The largest absolute Gasteiger partial charge is 0.465 e. The molecule has 2 saturated heterocycles. The molecule has 2 unspecified atom stereocenters. The maximum Gasteiger partial charge on any atom is 0.407 e. The highest BCUT2D eigenvalue weighted by Gasteiger charge is 2.37. The molecule has 124 valence electrons. The Bertz CT molecular complexity index is 609. The topological polar surface area (TPSA) is 43.8 Å². The molecule has 0 radical (unpaired) electrons. The summed E-state index contributed by atoms with van der Waals surface area (Å²) in [6.45, 7) is 5.94. The van der Waals surface area contributed by atoms with Gasteiger partial charge in [-0.3, -0.25) is 4.90 Å². The van der Waals surface area contributed by atoms with Crippen molar-refractivity contribution in [2.45, 2.75) is 38.8 Å². The molecule has 2 aliphatic heterocycles. The van der Waals surface area contributed by atoms with Crippen LogP contribution in [0.1, 0.15) is 32.3 Å². The first-order valence-corrected chi connectivity index (χ1v) is 8.52. The Balaban J connectivity index is 0.000000924. The summed E-state index contributed by atoms with van der Waals surface area (Å²) in [5, 5.41) is 9.76. The smallest absolute Gasteiger partial charge is 0.407 e. The van der Waals surface area contributed by atoms with Crippen LogP contribution in [0.2, 0.25) is 5.02 Å². The Morgan fingerprint density at radius 1 is 1.30 bits per heavy atom. The zero-order valence-electron chi connectivity index (χ0n) is 13.6. The Hall–Kier alpha value is -1.70. The molecule has 0 spiro atoms. The third kappa shape index (κ3) is 4.40. The third-order valence-corrected chi connectivity index (χ3v) is 4.42. The van der Waals surface area contributed by atoms with E-state index < -0.39 is 6.09 Å². The van der Waals surface area contributed by atoms with E-state index in [1.807, 2.05) is 38.1 Å². The normalized spacial score (nSPS) is 23.2. The van der Waals surface area contributed by atoms with Gasteiger partial charge in [-0.05, 0) is 31.0 Å². The van der Waals surface area contributed by atoms with Crippen molar-refractivity contribution in [3.05, 3.63) is 34.9 Å². The van der Waals surface area contributed by atoms with E-state index in [2.05, 4.69) is 16.7 Å². The predicted octanol–water partition coefficient (Wildman–Crippen LogP) is 3.54. The fraction of sp³-hybridized carbons (Fsp3) is 0.500. The molecule has 0 aliphatic carbocycles. The SMILES string of the molecule is CC.O=C(O)N1CCN2C(C#Cc3cccc(Cl)c3)CCC2C1. The number of rotatable bonds is 0. The fourth-order valence-corrected chi connectivity index (χ4v) is 3.30. The van der Waals surface area contributed by atoms with E-state index in [4.69, 9.17) is 16.7 Å². The monoisotopic (exact) mass is 334 g/mol. The van der Waals surface area contributed by atoms with Gasteiger partial charge in [0, 0.05) is 36.3 Å². The van der Waals surface area contributed by atoms with Gasteiger partial charge in [0.1, 0.15) is 0 Å². The van der Waals surface area contributed by atoms with Gasteiger partial charge in [-0.1, -0.05) is 43.4 Å². The molecule has 0 bridgehead atoms. The van der Waals surface area contributed by atoms with Gasteiger partial charge in [-0.15, -0.1) is 0 Å². The predicted molar refractivity (Wildman–Crippen MR) is 92.8 cm³/mol. The Labute approximate surface area is 143 Å². The molecule has 3 rings (SSSR count). The summed E-state index contributed by atoms with van der Waals surface area (Å²) in [6, 6.07) is 8.09. The molecule has 4 nitrogen and oxygen atoms in total. The van der Waals surface area contributed by atoms with Crippen LogP contribution in [0, 0.1) is 11.8 Å². The number of piperazine rings is 1. The molecule has 2 fully saturated rings. The van der Waals surface area contributed by atoms with Crippen LogP contribution < -0.4 is 0 Å². The van der Waals surface area contributed by atoms with Crippen LogP contribution >= 0.6 is 11.6 Å². The zero-order valence-corrected chi connectivity index (χ0v) is 14.4. The van der Waals surface area contributed by atoms with Gasteiger partial charge in [0.05, 0.1) is 6.04 Å². The number of hydrogen-bond donors (Lipinski definition) is 1. The molecule has 2 atom stereocenters. The number of carbonyl (C=O) groups is 1. The van der Waals surface area contributed by atoms with Crippen molar-refractivity contribution in [1.82, 2.24) is 9.80 Å². The van der Waals surface area contributed by atoms with Gasteiger partial charge < -0.3 is 10.0 Å².